The molecule has 0 aromatic heterocycles. The molecule has 2 aromatic rings. The van der Waals surface area contributed by atoms with E-state index in [4.69, 9.17) is 9.47 Å². The maximum absolute atomic E-state index is 12.7. The minimum atomic E-state index is 0.0879. The smallest absolute Gasteiger partial charge is 0.253 e. The third kappa shape index (κ3) is 4.37. The molecule has 0 atom stereocenters. The van der Waals surface area contributed by atoms with E-state index in [0.29, 0.717) is 0 Å². The molecule has 1 aliphatic rings. The summed E-state index contributed by atoms with van der Waals surface area (Å²) >= 11 is 3.43. The van der Waals surface area contributed by atoms with Crippen LogP contribution in [0.4, 0.5) is 0 Å². The van der Waals surface area contributed by atoms with Crippen LogP contribution in [0.25, 0.3) is 0 Å². The Morgan fingerprint density at radius 3 is 2.46 bits per heavy atom. The third-order valence-electron chi connectivity index (χ3n) is 4.61. The van der Waals surface area contributed by atoms with Crippen molar-refractivity contribution in [1.82, 2.24) is 9.80 Å². The second-order valence-corrected chi connectivity index (χ2v) is 7.17. The first kappa shape index (κ1) is 18.7. The van der Waals surface area contributed by atoms with Gasteiger partial charge < -0.3 is 14.4 Å². The summed E-state index contributed by atoms with van der Waals surface area (Å²) in [5.41, 5.74) is 1.82. The van der Waals surface area contributed by atoms with E-state index in [1.807, 2.05) is 47.4 Å². The van der Waals surface area contributed by atoms with Crippen molar-refractivity contribution in [3.63, 3.8) is 0 Å². The Hall–Kier alpha value is -2.05. The SMILES string of the molecule is COc1ccc(OC)c(CN2CCN(C(=O)c3cccc(Br)c3)CC2)c1. The molecule has 1 heterocycles. The van der Waals surface area contributed by atoms with E-state index in [2.05, 4.69) is 20.8 Å². The standard InChI is InChI=1S/C20H23BrN2O3/c1-25-18-6-7-19(26-2)16(13-18)14-22-8-10-23(11-9-22)20(24)15-4-3-5-17(21)12-15/h3-7,12-13H,8-11,14H2,1-2H3. The molecule has 0 unspecified atom stereocenters. The minimum absolute atomic E-state index is 0.0879. The lowest BCUT2D eigenvalue weighted by atomic mass is 10.1. The number of carbonyl (C=O) groups excluding carboxylic acids is 1. The van der Waals surface area contributed by atoms with Gasteiger partial charge in [0, 0.05) is 48.3 Å². The van der Waals surface area contributed by atoms with Crippen molar-refractivity contribution in [2.75, 3.05) is 40.4 Å². The van der Waals surface area contributed by atoms with Crippen LogP contribution in [-0.4, -0.2) is 56.1 Å². The van der Waals surface area contributed by atoms with Crippen LogP contribution < -0.4 is 9.47 Å². The fourth-order valence-electron chi connectivity index (χ4n) is 3.16. The molecular formula is C20H23BrN2O3. The van der Waals surface area contributed by atoms with Gasteiger partial charge in [0.05, 0.1) is 14.2 Å². The van der Waals surface area contributed by atoms with Gasteiger partial charge in [0.2, 0.25) is 0 Å². The number of methoxy groups -OCH3 is 2. The summed E-state index contributed by atoms with van der Waals surface area (Å²) in [6, 6.07) is 13.4. The third-order valence-corrected chi connectivity index (χ3v) is 5.11. The van der Waals surface area contributed by atoms with Crippen molar-refractivity contribution in [3.05, 3.63) is 58.1 Å². The lowest BCUT2D eigenvalue weighted by Gasteiger charge is -2.35. The highest BCUT2D eigenvalue weighted by Crippen LogP contribution is 2.25. The number of rotatable bonds is 5. The number of ether oxygens (including phenoxy) is 2. The van der Waals surface area contributed by atoms with Crippen LogP contribution in [0, 0.1) is 0 Å². The number of amides is 1. The maximum Gasteiger partial charge on any atom is 0.253 e. The van der Waals surface area contributed by atoms with Crippen LogP contribution in [0.1, 0.15) is 15.9 Å². The zero-order chi connectivity index (χ0) is 18.5. The first-order valence-electron chi connectivity index (χ1n) is 8.59. The zero-order valence-corrected chi connectivity index (χ0v) is 16.7. The highest BCUT2D eigenvalue weighted by Gasteiger charge is 2.23. The average molecular weight is 419 g/mol. The molecule has 0 aliphatic carbocycles. The van der Waals surface area contributed by atoms with Crippen molar-refractivity contribution >= 4 is 21.8 Å². The van der Waals surface area contributed by atoms with Crippen LogP contribution >= 0.6 is 15.9 Å². The Bertz CT molecular complexity index is 773. The molecule has 0 bridgehead atoms. The van der Waals surface area contributed by atoms with Crippen LogP contribution in [0.3, 0.4) is 0 Å². The van der Waals surface area contributed by atoms with Gasteiger partial charge in [-0.25, -0.2) is 0 Å². The van der Waals surface area contributed by atoms with E-state index in [-0.39, 0.29) is 5.91 Å². The Balaban J connectivity index is 1.61. The van der Waals surface area contributed by atoms with Crippen molar-refractivity contribution in [2.24, 2.45) is 0 Å². The van der Waals surface area contributed by atoms with Crippen LogP contribution in [0.15, 0.2) is 46.9 Å². The molecule has 0 saturated carbocycles. The normalized spacial score (nSPS) is 15.0. The first-order valence-corrected chi connectivity index (χ1v) is 9.38. The second-order valence-electron chi connectivity index (χ2n) is 6.26. The highest BCUT2D eigenvalue weighted by molar-refractivity contribution is 9.10. The number of hydrogen-bond donors (Lipinski definition) is 0. The number of nitrogens with zero attached hydrogens (tertiary/aromatic N) is 2. The lowest BCUT2D eigenvalue weighted by molar-refractivity contribution is 0.0627. The van der Waals surface area contributed by atoms with Gasteiger partial charge in [-0.2, -0.15) is 0 Å². The quantitative estimate of drug-likeness (QED) is 0.745. The summed E-state index contributed by atoms with van der Waals surface area (Å²) in [4.78, 5) is 16.9. The summed E-state index contributed by atoms with van der Waals surface area (Å²) in [5, 5.41) is 0. The van der Waals surface area contributed by atoms with Crippen LogP contribution in [0.5, 0.6) is 11.5 Å². The Labute approximate surface area is 162 Å². The van der Waals surface area contributed by atoms with E-state index in [1.165, 1.54) is 0 Å². The molecule has 0 N–H and O–H groups in total. The van der Waals surface area contributed by atoms with Crippen LogP contribution in [-0.2, 0) is 6.54 Å². The Morgan fingerprint density at radius 1 is 1.04 bits per heavy atom. The molecule has 2 aromatic carbocycles. The van der Waals surface area contributed by atoms with Crippen molar-refractivity contribution < 1.29 is 14.3 Å². The van der Waals surface area contributed by atoms with E-state index < -0.39 is 0 Å². The second kappa shape index (κ2) is 8.56. The number of carbonyl (C=O) groups is 1. The largest absolute Gasteiger partial charge is 0.497 e. The van der Waals surface area contributed by atoms with Crippen molar-refractivity contribution in [1.29, 1.82) is 0 Å². The molecule has 26 heavy (non-hydrogen) atoms. The predicted octanol–water partition coefficient (Wildman–Crippen LogP) is 3.42. The zero-order valence-electron chi connectivity index (χ0n) is 15.1. The number of benzene rings is 2. The van der Waals surface area contributed by atoms with Gasteiger partial charge in [-0.15, -0.1) is 0 Å². The average Bonchev–Trinajstić information content (AvgIpc) is 2.68. The van der Waals surface area contributed by atoms with Gasteiger partial charge in [-0.05, 0) is 36.4 Å². The van der Waals surface area contributed by atoms with Crippen LogP contribution in [0.2, 0.25) is 0 Å². The molecule has 6 heteroatoms. The molecule has 0 radical (unpaired) electrons. The van der Waals surface area contributed by atoms with Gasteiger partial charge in [0.15, 0.2) is 0 Å². The van der Waals surface area contributed by atoms with Crippen molar-refractivity contribution in [3.8, 4) is 11.5 Å². The summed E-state index contributed by atoms with van der Waals surface area (Å²) < 4.78 is 11.7. The predicted molar refractivity (Wildman–Crippen MR) is 105 cm³/mol. The number of halogens is 1. The monoisotopic (exact) mass is 418 g/mol. The Kier molecular flexibility index (Phi) is 6.16. The fourth-order valence-corrected chi connectivity index (χ4v) is 3.56. The van der Waals surface area contributed by atoms with E-state index >= 15 is 0 Å². The molecule has 138 valence electrons. The Morgan fingerprint density at radius 2 is 1.81 bits per heavy atom. The summed E-state index contributed by atoms with van der Waals surface area (Å²) in [7, 11) is 3.35. The summed E-state index contributed by atoms with van der Waals surface area (Å²) in [6.07, 6.45) is 0. The number of hydrogen-bond acceptors (Lipinski definition) is 4. The molecule has 0 spiro atoms. The molecule has 3 rings (SSSR count). The number of piperazine rings is 1. The van der Waals surface area contributed by atoms with Gasteiger partial charge >= 0.3 is 0 Å². The molecule has 1 saturated heterocycles. The molecule has 1 fully saturated rings. The van der Waals surface area contributed by atoms with Gasteiger partial charge in [-0.1, -0.05) is 22.0 Å². The fraction of sp³-hybridized carbons (Fsp3) is 0.350. The van der Waals surface area contributed by atoms with Crippen molar-refractivity contribution in [2.45, 2.75) is 6.54 Å². The first-order chi connectivity index (χ1) is 12.6. The maximum atomic E-state index is 12.7. The molecular weight excluding hydrogens is 396 g/mol. The molecule has 5 nitrogen and oxygen atoms in total. The molecule has 1 aliphatic heterocycles. The van der Waals surface area contributed by atoms with E-state index in [0.717, 1.165) is 59.8 Å². The summed E-state index contributed by atoms with van der Waals surface area (Å²) in [6.45, 7) is 3.88. The van der Waals surface area contributed by atoms with Gasteiger partial charge in [-0.3, -0.25) is 9.69 Å². The lowest BCUT2D eigenvalue weighted by Crippen LogP contribution is -2.48. The van der Waals surface area contributed by atoms with Gasteiger partial charge in [0.1, 0.15) is 11.5 Å². The van der Waals surface area contributed by atoms with E-state index in [1.54, 1.807) is 14.2 Å². The minimum Gasteiger partial charge on any atom is -0.497 e. The molecule has 1 amide bonds. The van der Waals surface area contributed by atoms with Gasteiger partial charge in [0.25, 0.3) is 5.91 Å². The topological polar surface area (TPSA) is 42.0 Å². The summed E-state index contributed by atoms with van der Waals surface area (Å²) in [5.74, 6) is 1.77. The van der Waals surface area contributed by atoms with E-state index in [9.17, 15) is 4.79 Å². The highest BCUT2D eigenvalue weighted by atomic mass is 79.9.